The van der Waals surface area contributed by atoms with Gasteiger partial charge in [-0.3, -0.25) is 19.1 Å². The molecule has 2 aromatic heterocycles. The van der Waals surface area contributed by atoms with E-state index in [1.54, 1.807) is 70.2 Å². The van der Waals surface area contributed by atoms with Crippen LogP contribution in [0, 0.1) is 17.8 Å². The quantitative estimate of drug-likeness (QED) is 0.246. The first-order valence-electron chi connectivity index (χ1n) is 20.9. The van der Waals surface area contributed by atoms with Crippen molar-refractivity contribution in [1.82, 2.24) is 35.0 Å². The van der Waals surface area contributed by atoms with E-state index in [0.29, 0.717) is 48.9 Å². The maximum atomic E-state index is 15.1. The van der Waals surface area contributed by atoms with Crippen LogP contribution < -0.4 is 24.8 Å². The van der Waals surface area contributed by atoms with E-state index in [2.05, 4.69) is 32.4 Å². The summed E-state index contributed by atoms with van der Waals surface area (Å²) in [4.78, 5) is 63.3. The van der Waals surface area contributed by atoms with Crippen molar-refractivity contribution < 1.29 is 41.8 Å². The number of nitrogens with one attached hydrogen (secondary N) is 3. The van der Waals surface area contributed by atoms with E-state index in [1.165, 1.54) is 4.90 Å². The summed E-state index contributed by atoms with van der Waals surface area (Å²) in [6.07, 6.45) is 11.1. The molecule has 1 aromatic carbocycles. The lowest BCUT2D eigenvalue weighted by atomic mass is 9.85. The van der Waals surface area contributed by atoms with Crippen LogP contribution in [0.25, 0.3) is 16.5 Å². The molecule has 4 amide bonds. The van der Waals surface area contributed by atoms with Gasteiger partial charge in [0, 0.05) is 35.5 Å². The van der Waals surface area contributed by atoms with Crippen LogP contribution >= 0.6 is 0 Å². The highest BCUT2D eigenvalue weighted by Gasteiger charge is 2.63. The molecule has 17 heteroatoms. The summed E-state index contributed by atoms with van der Waals surface area (Å²) < 4.78 is 47.2. The lowest BCUT2D eigenvalue weighted by Gasteiger charge is -2.34. The van der Waals surface area contributed by atoms with Gasteiger partial charge in [-0.25, -0.2) is 22.9 Å². The zero-order chi connectivity index (χ0) is 43.2. The third kappa shape index (κ3) is 8.82. The number of carbonyl (C=O) groups excluding carboxylic acids is 4. The van der Waals surface area contributed by atoms with Crippen LogP contribution in [0.1, 0.15) is 92.9 Å². The Kier molecular flexibility index (Phi) is 11.7. The molecule has 60 heavy (non-hydrogen) atoms. The van der Waals surface area contributed by atoms with Crippen LogP contribution in [-0.4, -0.2) is 99.6 Å². The second kappa shape index (κ2) is 16.3. The number of fused-ring (bicyclic) bond motifs is 3. The van der Waals surface area contributed by atoms with E-state index in [9.17, 15) is 22.8 Å². The highest BCUT2D eigenvalue weighted by atomic mass is 32.2. The van der Waals surface area contributed by atoms with Gasteiger partial charge in [-0.15, -0.1) is 0 Å². The van der Waals surface area contributed by atoms with Crippen LogP contribution in [0.15, 0.2) is 55.0 Å². The Bertz CT molecular complexity index is 2270. The summed E-state index contributed by atoms with van der Waals surface area (Å²) in [5.74, 6) is -1.71. The van der Waals surface area contributed by atoms with Gasteiger partial charge in [0.2, 0.25) is 27.7 Å². The van der Waals surface area contributed by atoms with E-state index in [4.69, 9.17) is 14.2 Å². The highest BCUT2D eigenvalue weighted by molar-refractivity contribution is 7.91. The molecule has 0 bridgehead atoms. The molecule has 4 aliphatic rings. The van der Waals surface area contributed by atoms with Crippen molar-refractivity contribution in [3.05, 3.63) is 55.0 Å². The van der Waals surface area contributed by atoms with Crippen molar-refractivity contribution >= 4 is 44.6 Å². The Hall–Kier alpha value is -5.19. The SMILES string of the molecule is CC[C@@H]1C[C@H](C)CC/C=C\[C@@H]2C[C@@]2(C(=O)NS(=O)(=O)C2(C)CC2)NC(=O)[C@@H]2C[C@@H](Oc3ncc(-n4cccn4)c4cc(OC)ccc34)CN2C(=O)[C@H]1NC(=O)OC(C)(C)C. The third-order valence-electron chi connectivity index (χ3n) is 12.3. The summed E-state index contributed by atoms with van der Waals surface area (Å²) in [6, 6.07) is 5.04. The number of hydrogen-bond donors (Lipinski definition) is 3. The molecule has 2 aliphatic heterocycles. The molecule has 3 aromatic rings. The Balaban J connectivity index is 1.26. The number of alkyl carbamates (subject to hydrolysis) is 1. The molecule has 3 N–H and O–H groups in total. The molecule has 3 fully saturated rings. The van der Waals surface area contributed by atoms with Crippen molar-refractivity contribution in [2.75, 3.05) is 13.7 Å². The predicted octanol–water partition coefficient (Wildman–Crippen LogP) is 4.95. The van der Waals surface area contributed by atoms with Gasteiger partial charge in [0.25, 0.3) is 5.91 Å². The summed E-state index contributed by atoms with van der Waals surface area (Å²) in [5, 5.41) is 11.6. The minimum Gasteiger partial charge on any atom is -0.497 e. The Morgan fingerprint density at radius 3 is 2.55 bits per heavy atom. The van der Waals surface area contributed by atoms with Crippen LogP contribution in [0.3, 0.4) is 0 Å². The van der Waals surface area contributed by atoms with Gasteiger partial charge in [-0.05, 0) is 102 Å². The number of pyridine rings is 1. The first kappa shape index (κ1) is 42.9. The number of sulfonamides is 1. The third-order valence-corrected chi connectivity index (χ3v) is 14.5. The van der Waals surface area contributed by atoms with Gasteiger partial charge in [0.1, 0.15) is 35.1 Å². The normalized spacial score (nSPS) is 28.6. The summed E-state index contributed by atoms with van der Waals surface area (Å²) in [5.41, 5.74) is -1.71. The van der Waals surface area contributed by atoms with Crippen LogP contribution in [0.5, 0.6) is 11.6 Å². The summed E-state index contributed by atoms with van der Waals surface area (Å²) in [6.45, 7) is 10.8. The molecule has 324 valence electrons. The van der Waals surface area contributed by atoms with Crippen molar-refractivity contribution in [3.63, 3.8) is 0 Å². The fourth-order valence-electron chi connectivity index (χ4n) is 8.40. The lowest BCUT2D eigenvalue weighted by molar-refractivity contribution is -0.142. The van der Waals surface area contributed by atoms with Gasteiger partial charge in [0.05, 0.1) is 30.3 Å². The number of aromatic nitrogens is 3. The van der Waals surface area contributed by atoms with Gasteiger partial charge in [-0.1, -0.05) is 32.4 Å². The minimum absolute atomic E-state index is 0.0126. The number of rotatable bonds is 9. The topological polar surface area (TPSA) is 200 Å². The smallest absolute Gasteiger partial charge is 0.408 e. The number of hydrogen-bond acceptors (Lipinski definition) is 11. The Morgan fingerprint density at radius 1 is 1.12 bits per heavy atom. The fourth-order valence-corrected chi connectivity index (χ4v) is 9.72. The number of carbonyl (C=O) groups is 4. The minimum atomic E-state index is -4.02. The fraction of sp³-hybridized carbons (Fsp3) is 0.581. The van der Waals surface area contributed by atoms with Crippen LogP contribution in [0.2, 0.25) is 0 Å². The standard InChI is InChI=1S/C43H57N7O9S/c1-8-27-20-26(2)12-9-10-13-28-23-43(28,39(53)48-60(55,56)42(6)16-17-42)47-36(51)33-22-30(25-49(33)38(52)35(27)46-40(54)59-41(3,4)5)58-37-31-15-14-29(57-7)21-32(31)34(24-44-37)50-19-11-18-45-50/h10-11,13-15,18-19,21,24,26-28,30,33,35H,8-9,12,16-17,20,22-23,25H2,1-7H3,(H,46,54)(H,47,51)(H,48,53)/b13-10-/t26-,27-,28-,30-,33+,35+,43-/m1/s1. The zero-order valence-electron chi connectivity index (χ0n) is 35.4. The molecule has 1 saturated heterocycles. The highest BCUT2D eigenvalue weighted by Crippen LogP contribution is 2.48. The number of methoxy groups -OCH3 is 1. The van der Waals surface area contributed by atoms with Gasteiger partial charge >= 0.3 is 6.09 Å². The van der Waals surface area contributed by atoms with E-state index in [1.807, 2.05) is 31.2 Å². The van der Waals surface area contributed by atoms with Gasteiger partial charge in [0.15, 0.2) is 0 Å². The number of nitrogens with zero attached hydrogens (tertiary/aromatic N) is 4. The molecule has 0 spiro atoms. The average Bonchev–Trinajstić information content (AvgIpc) is 3.95. The van der Waals surface area contributed by atoms with Crippen molar-refractivity contribution in [1.29, 1.82) is 0 Å². The second-order valence-electron chi connectivity index (χ2n) is 18.1. The number of ether oxygens (including phenoxy) is 3. The van der Waals surface area contributed by atoms with E-state index in [-0.39, 0.29) is 37.1 Å². The van der Waals surface area contributed by atoms with Gasteiger partial charge < -0.3 is 29.7 Å². The molecule has 2 aliphatic carbocycles. The molecule has 0 unspecified atom stereocenters. The average molecular weight is 848 g/mol. The molecular weight excluding hydrogens is 791 g/mol. The number of benzene rings is 1. The monoisotopic (exact) mass is 847 g/mol. The molecule has 7 rings (SSSR count). The summed E-state index contributed by atoms with van der Waals surface area (Å²) in [7, 11) is -2.45. The molecule has 2 saturated carbocycles. The predicted molar refractivity (Wildman–Crippen MR) is 223 cm³/mol. The molecule has 16 nitrogen and oxygen atoms in total. The maximum Gasteiger partial charge on any atom is 0.408 e. The summed E-state index contributed by atoms with van der Waals surface area (Å²) >= 11 is 0. The van der Waals surface area contributed by atoms with Gasteiger partial charge in [-0.2, -0.15) is 5.10 Å². The molecular formula is C43H57N7O9S. The lowest BCUT2D eigenvalue weighted by Crippen LogP contribution is -2.59. The Labute approximate surface area is 351 Å². The first-order valence-corrected chi connectivity index (χ1v) is 22.3. The van der Waals surface area contributed by atoms with Crippen LogP contribution in [0.4, 0.5) is 4.79 Å². The number of amides is 4. The van der Waals surface area contributed by atoms with Crippen molar-refractivity contribution in [2.45, 2.75) is 127 Å². The van der Waals surface area contributed by atoms with E-state index >= 15 is 4.79 Å². The molecule has 0 radical (unpaired) electrons. The number of allylic oxidation sites excluding steroid dienone is 1. The maximum absolute atomic E-state index is 15.1. The second-order valence-corrected chi connectivity index (χ2v) is 20.3. The Morgan fingerprint density at radius 2 is 1.88 bits per heavy atom. The van der Waals surface area contributed by atoms with Crippen molar-refractivity contribution in [3.8, 4) is 17.3 Å². The molecule has 7 atom stereocenters. The van der Waals surface area contributed by atoms with E-state index < -0.39 is 73.8 Å². The zero-order valence-corrected chi connectivity index (χ0v) is 36.2. The largest absolute Gasteiger partial charge is 0.497 e. The first-order chi connectivity index (χ1) is 28.4. The van der Waals surface area contributed by atoms with E-state index in [0.717, 1.165) is 11.8 Å². The molecule has 4 heterocycles. The van der Waals surface area contributed by atoms with Crippen molar-refractivity contribution in [2.24, 2.45) is 17.8 Å². The van der Waals surface area contributed by atoms with Crippen LogP contribution in [-0.2, 0) is 29.1 Å².